The van der Waals surface area contributed by atoms with Crippen LogP contribution in [-0.2, 0) is 4.79 Å². The summed E-state index contributed by atoms with van der Waals surface area (Å²) in [4.78, 5) is 24.2. The van der Waals surface area contributed by atoms with Crippen molar-refractivity contribution < 1.29 is 4.79 Å². The van der Waals surface area contributed by atoms with Crippen LogP contribution in [0.1, 0.15) is 5.69 Å². The molecule has 0 aliphatic heterocycles. The average Bonchev–Trinajstić information content (AvgIpc) is 3.19. The molecule has 0 radical (unpaired) electrons. The molecule has 0 aliphatic rings. The zero-order valence-corrected chi connectivity index (χ0v) is 19.5. The van der Waals surface area contributed by atoms with E-state index in [1.165, 1.54) is 11.8 Å². The van der Waals surface area contributed by atoms with E-state index in [9.17, 15) is 4.79 Å². The lowest BCUT2D eigenvalue weighted by atomic mass is 10.1. The Morgan fingerprint density at radius 2 is 1.79 bits per heavy atom. The van der Waals surface area contributed by atoms with Gasteiger partial charge in [-0.1, -0.05) is 30.3 Å². The number of likely N-dealkylation sites (N-methyl/N-ethyl adjacent to an activating group) is 1. The lowest BCUT2D eigenvalue weighted by Gasteiger charge is -2.11. The number of nitrogens with one attached hydrogen (secondary N) is 3. The lowest BCUT2D eigenvalue weighted by molar-refractivity contribution is -0.116. The Hall–Kier alpha value is -3.69. The van der Waals surface area contributed by atoms with Crippen molar-refractivity contribution in [2.75, 3.05) is 31.3 Å². The average molecular weight is 460 g/mol. The second-order valence-corrected chi connectivity index (χ2v) is 8.79. The number of nitrogens with zero attached hydrogens (tertiary/aromatic N) is 4. The van der Waals surface area contributed by atoms with E-state index in [2.05, 4.69) is 25.8 Å². The van der Waals surface area contributed by atoms with Crippen LogP contribution in [0, 0.1) is 6.92 Å². The smallest absolute Gasteiger partial charge is 0.238 e. The summed E-state index contributed by atoms with van der Waals surface area (Å²) in [6.45, 7) is 2.26. The van der Waals surface area contributed by atoms with E-state index in [1.54, 1.807) is 0 Å². The van der Waals surface area contributed by atoms with Crippen LogP contribution in [0.15, 0.2) is 76.8 Å². The van der Waals surface area contributed by atoms with Gasteiger partial charge in [-0.25, -0.2) is 9.97 Å². The quantitative estimate of drug-likeness (QED) is 0.332. The van der Waals surface area contributed by atoms with E-state index in [-0.39, 0.29) is 5.91 Å². The fraction of sp³-hybridized carbons (Fsp3) is 0.167. The predicted octanol–water partition coefficient (Wildman–Crippen LogP) is 4.57. The number of aryl methyl sites for hydroxylation is 1. The number of carbonyl (C=O) groups excluding carboxylic acids is 1. The molecule has 4 rings (SSSR count). The summed E-state index contributed by atoms with van der Waals surface area (Å²) in [5, 5.41) is 13.9. The number of anilines is 3. The van der Waals surface area contributed by atoms with Crippen molar-refractivity contribution in [1.29, 1.82) is 0 Å². The highest BCUT2D eigenvalue weighted by Gasteiger charge is 2.10. The van der Waals surface area contributed by atoms with Gasteiger partial charge in [0.2, 0.25) is 5.91 Å². The molecule has 33 heavy (non-hydrogen) atoms. The van der Waals surface area contributed by atoms with Crippen molar-refractivity contribution in [2.24, 2.45) is 0 Å². The van der Waals surface area contributed by atoms with Crippen molar-refractivity contribution in [2.45, 2.75) is 17.0 Å². The van der Waals surface area contributed by atoms with Gasteiger partial charge in [0.25, 0.3) is 0 Å². The van der Waals surface area contributed by atoms with Crippen LogP contribution in [0.4, 0.5) is 17.3 Å². The fourth-order valence-corrected chi connectivity index (χ4v) is 3.89. The number of H-pyrrole nitrogens is 1. The maximum atomic E-state index is 12.0. The van der Waals surface area contributed by atoms with Gasteiger partial charge in [0.05, 0.1) is 17.9 Å². The molecule has 2 aromatic carbocycles. The molecule has 0 saturated heterocycles. The summed E-state index contributed by atoms with van der Waals surface area (Å²) in [5.41, 5.74) is 3.47. The van der Waals surface area contributed by atoms with Gasteiger partial charge in [-0.3, -0.25) is 9.89 Å². The van der Waals surface area contributed by atoms with Gasteiger partial charge in [-0.05, 0) is 57.0 Å². The summed E-state index contributed by atoms with van der Waals surface area (Å²) >= 11 is 1.46. The minimum absolute atomic E-state index is 0.0518. The molecule has 0 bridgehead atoms. The van der Waals surface area contributed by atoms with Gasteiger partial charge in [0.15, 0.2) is 5.16 Å². The molecule has 0 fully saturated rings. The second-order valence-electron chi connectivity index (χ2n) is 7.75. The highest BCUT2D eigenvalue weighted by molar-refractivity contribution is 7.99. The Balaban J connectivity index is 1.56. The van der Waals surface area contributed by atoms with E-state index in [1.807, 2.05) is 92.6 Å². The molecule has 0 unspecified atom stereocenters. The number of rotatable bonds is 8. The minimum atomic E-state index is -0.0518. The molecule has 168 valence electrons. The normalized spacial score (nSPS) is 10.9. The van der Waals surface area contributed by atoms with Crippen LogP contribution >= 0.6 is 11.8 Å². The Morgan fingerprint density at radius 3 is 2.45 bits per heavy atom. The molecular formula is C24H25N7OS. The molecule has 2 aromatic heterocycles. The maximum absolute atomic E-state index is 12.0. The van der Waals surface area contributed by atoms with Crippen LogP contribution in [-0.4, -0.2) is 51.6 Å². The van der Waals surface area contributed by atoms with E-state index >= 15 is 0 Å². The van der Waals surface area contributed by atoms with Crippen LogP contribution in [0.25, 0.3) is 11.3 Å². The topological polar surface area (TPSA) is 98.8 Å². The Labute approximate surface area is 196 Å². The summed E-state index contributed by atoms with van der Waals surface area (Å²) in [6.07, 6.45) is 0. The summed E-state index contributed by atoms with van der Waals surface area (Å²) in [6, 6.07) is 21.5. The first-order valence-corrected chi connectivity index (χ1v) is 11.2. The molecule has 0 atom stereocenters. The highest BCUT2D eigenvalue weighted by Crippen LogP contribution is 2.30. The number of hydrogen-bond acceptors (Lipinski definition) is 7. The zero-order valence-electron chi connectivity index (χ0n) is 18.7. The predicted molar refractivity (Wildman–Crippen MR) is 132 cm³/mol. The fourth-order valence-electron chi connectivity index (χ4n) is 3.11. The molecular weight excluding hydrogens is 434 g/mol. The molecule has 8 nitrogen and oxygen atoms in total. The van der Waals surface area contributed by atoms with Crippen molar-refractivity contribution in [1.82, 2.24) is 25.1 Å². The van der Waals surface area contributed by atoms with Crippen LogP contribution in [0.5, 0.6) is 0 Å². The lowest BCUT2D eigenvalue weighted by Crippen LogP contribution is -2.26. The van der Waals surface area contributed by atoms with Crippen molar-refractivity contribution in [3.63, 3.8) is 0 Å². The minimum Gasteiger partial charge on any atom is -0.325 e. The largest absolute Gasteiger partial charge is 0.325 e. The van der Waals surface area contributed by atoms with Gasteiger partial charge in [-0.2, -0.15) is 5.10 Å². The van der Waals surface area contributed by atoms with E-state index in [4.69, 9.17) is 4.98 Å². The van der Waals surface area contributed by atoms with Crippen LogP contribution in [0.3, 0.4) is 0 Å². The molecule has 2 heterocycles. The van der Waals surface area contributed by atoms with E-state index in [0.717, 1.165) is 33.4 Å². The first-order valence-electron chi connectivity index (χ1n) is 10.4. The van der Waals surface area contributed by atoms with E-state index < -0.39 is 0 Å². The van der Waals surface area contributed by atoms with Crippen molar-refractivity contribution in [3.05, 3.63) is 72.4 Å². The third-order valence-corrected chi connectivity index (χ3v) is 5.42. The van der Waals surface area contributed by atoms with Gasteiger partial charge < -0.3 is 15.5 Å². The first-order chi connectivity index (χ1) is 15.9. The summed E-state index contributed by atoms with van der Waals surface area (Å²) in [5.74, 6) is 1.38. The zero-order chi connectivity index (χ0) is 23.2. The van der Waals surface area contributed by atoms with Crippen molar-refractivity contribution in [3.8, 4) is 11.3 Å². The molecule has 1 amide bonds. The Morgan fingerprint density at radius 1 is 1.03 bits per heavy atom. The van der Waals surface area contributed by atoms with Gasteiger partial charge in [0.1, 0.15) is 11.6 Å². The molecule has 0 spiro atoms. The standard InChI is InChI=1S/C24H25N7OS/c1-16-13-22(30-29-16)27-21-14-20(17-7-5-4-6-8-17)26-24(28-21)33-19-11-9-18(10-12-19)25-23(32)15-31(2)3/h4-14H,15H2,1-3H3,(H,25,32)(H2,26,27,28,29,30). The highest BCUT2D eigenvalue weighted by atomic mass is 32.2. The number of amides is 1. The van der Waals surface area contributed by atoms with Crippen LogP contribution in [0.2, 0.25) is 0 Å². The van der Waals surface area contributed by atoms with Gasteiger partial charge in [0, 0.05) is 28.3 Å². The van der Waals surface area contributed by atoms with Gasteiger partial charge in [-0.15, -0.1) is 0 Å². The number of hydrogen-bond donors (Lipinski definition) is 3. The molecule has 0 aliphatic carbocycles. The summed E-state index contributed by atoms with van der Waals surface area (Å²) in [7, 11) is 3.72. The number of benzene rings is 2. The SMILES string of the molecule is Cc1cc(Nc2cc(-c3ccccc3)nc(Sc3ccc(NC(=O)CN(C)C)cc3)n2)[nH]n1. The monoisotopic (exact) mass is 459 g/mol. The van der Waals surface area contributed by atoms with Gasteiger partial charge >= 0.3 is 0 Å². The third-order valence-electron chi connectivity index (χ3n) is 4.55. The maximum Gasteiger partial charge on any atom is 0.238 e. The number of aromatic nitrogens is 4. The number of carbonyl (C=O) groups is 1. The van der Waals surface area contributed by atoms with Crippen molar-refractivity contribution >= 4 is 35.0 Å². The molecule has 9 heteroatoms. The third kappa shape index (κ3) is 6.41. The number of aromatic amines is 1. The molecule has 3 N–H and O–H groups in total. The molecule has 4 aromatic rings. The Bertz CT molecular complexity index is 1220. The van der Waals surface area contributed by atoms with E-state index in [0.29, 0.717) is 17.5 Å². The summed E-state index contributed by atoms with van der Waals surface area (Å²) < 4.78 is 0. The second kappa shape index (κ2) is 10.3. The van der Waals surface area contributed by atoms with Crippen LogP contribution < -0.4 is 10.6 Å². The Kier molecular flexibility index (Phi) is 7.01. The first kappa shape index (κ1) is 22.5. The molecule has 0 saturated carbocycles.